The summed E-state index contributed by atoms with van der Waals surface area (Å²) in [6, 6.07) is 4.02. The van der Waals surface area contributed by atoms with E-state index in [2.05, 4.69) is 0 Å². The average Bonchev–Trinajstić information content (AvgIpc) is 2.52. The second-order valence-corrected chi connectivity index (χ2v) is 4.32. The first-order chi connectivity index (χ1) is 8.30. The minimum atomic E-state index is -4.44. The molecular formula is C11H7ClF3NO2. The molecule has 0 saturated carbocycles. The molecule has 1 aliphatic rings. The number of carbonyl (C=O) groups excluding carboxylic acids is 2. The summed E-state index contributed by atoms with van der Waals surface area (Å²) in [7, 11) is 0. The van der Waals surface area contributed by atoms with Crippen LogP contribution >= 0.6 is 11.6 Å². The first kappa shape index (κ1) is 12.9. The van der Waals surface area contributed by atoms with E-state index in [1.165, 1.54) is 0 Å². The fraction of sp³-hybridized carbons (Fsp3) is 0.273. The van der Waals surface area contributed by atoms with Crippen LogP contribution in [0.2, 0.25) is 0 Å². The van der Waals surface area contributed by atoms with Crippen molar-refractivity contribution in [2.45, 2.75) is 17.5 Å². The van der Waals surface area contributed by atoms with Crippen molar-refractivity contribution in [2.75, 3.05) is 0 Å². The number of rotatable bonds is 1. The first-order valence-corrected chi connectivity index (χ1v) is 5.40. The fourth-order valence-corrected chi connectivity index (χ4v) is 2.07. The third kappa shape index (κ3) is 2.20. The van der Waals surface area contributed by atoms with Gasteiger partial charge in [0.1, 0.15) is 5.38 Å². The SMILES string of the molecule is O=C1NC(=O)C(c2ccc(C(F)(F)F)cc2)C1Cl. The molecule has 3 nitrogen and oxygen atoms in total. The van der Waals surface area contributed by atoms with E-state index in [1.54, 1.807) is 0 Å². The number of hydrogen-bond donors (Lipinski definition) is 1. The number of imide groups is 1. The van der Waals surface area contributed by atoms with Gasteiger partial charge in [0.2, 0.25) is 11.8 Å². The van der Waals surface area contributed by atoms with Gasteiger partial charge in [-0.15, -0.1) is 11.6 Å². The summed E-state index contributed by atoms with van der Waals surface area (Å²) in [5, 5.41) is 0.939. The number of amides is 2. The van der Waals surface area contributed by atoms with Gasteiger partial charge in [-0.2, -0.15) is 13.2 Å². The molecule has 2 atom stereocenters. The maximum Gasteiger partial charge on any atom is 0.416 e. The van der Waals surface area contributed by atoms with Crippen LogP contribution in [0.15, 0.2) is 24.3 Å². The van der Waals surface area contributed by atoms with Crippen LogP contribution in [-0.4, -0.2) is 17.2 Å². The van der Waals surface area contributed by atoms with E-state index in [0.717, 1.165) is 24.3 Å². The van der Waals surface area contributed by atoms with Gasteiger partial charge in [0.05, 0.1) is 11.5 Å². The van der Waals surface area contributed by atoms with Crippen LogP contribution in [0.1, 0.15) is 17.0 Å². The van der Waals surface area contributed by atoms with Crippen LogP contribution in [-0.2, 0) is 15.8 Å². The Morgan fingerprint density at radius 1 is 1.06 bits per heavy atom. The third-order valence-electron chi connectivity index (χ3n) is 2.67. The van der Waals surface area contributed by atoms with Crippen molar-refractivity contribution < 1.29 is 22.8 Å². The highest BCUT2D eigenvalue weighted by Crippen LogP contribution is 2.33. The Morgan fingerprint density at radius 2 is 1.61 bits per heavy atom. The van der Waals surface area contributed by atoms with Crippen molar-refractivity contribution in [2.24, 2.45) is 0 Å². The largest absolute Gasteiger partial charge is 0.416 e. The maximum atomic E-state index is 12.4. The Balaban J connectivity index is 2.30. The highest BCUT2D eigenvalue weighted by atomic mass is 35.5. The topological polar surface area (TPSA) is 46.2 Å². The van der Waals surface area contributed by atoms with Gasteiger partial charge in [-0.25, -0.2) is 0 Å². The second-order valence-electron chi connectivity index (χ2n) is 3.85. The van der Waals surface area contributed by atoms with Crippen LogP contribution in [0.25, 0.3) is 0 Å². The van der Waals surface area contributed by atoms with E-state index >= 15 is 0 Å². The quantitative estimate of drug-likeness (QED) is 0.631. The predicted octanol–water partition coefficient (Wildman–Crippen LogP) is 2.05. The van der Waals surface area contributed by atoms with Crippen molar-refractivity contribution in [1.29, 1.82) is 0 Å². The Bertz CT molecular complexity index is 498. The van der Waals surface area contributed by atoms with Gasteiger partial charge in [-0.05, 0) is 17.7 Å². The zero-order valence-electron chi connectivity index (χ0n) is 8.79. The second kappa shape index (κ2) is 4.28. The Labute approximate surface area is 105 Å². The van der Waals surface area contributed by atoms with Crippen LogP contribution in [0.3, 0.4) is 0 Å². The minimum Gasteiger partial charge on any atom is -0.295 e. The number of halogens is 4. The number of benzene rings is 1. The standard InChI is InChI=1S/C11H7ClF3NO2/c12-8-7(9(17)16-10(8)18)5-1-3-6(4-2-5)11(13,14)15/h1-4,7-8H,(H,16,17,18). The van der Waals surface area contributed by atoms with Crippen LogP contribution in [0.4, 0.5) is 13.2 Å². The van der Waals surface area contributed by atoms with E-state index in [0.29, 0.717) is 0 Å². The molecule has 0 bridgehead atoms. The van der Waals surface area contributed by atoms with Crippen molar-refractivity contribution in [3.8, 4) is 0 Å². The van der Waals surface area contributed by atoms with Crippen molar-refractivity contribution in [3.05, 3.63) is 35.4 Å². The molecule has 1 aromatic rings. The lowest BCUT2D eigenvalue weighted by Gasteiger charge is -2.12. The highest BCUT2D eigenvalue weighted by molar-refractivity contribution is 6.37. The monoisotopic (exact) mass is 277 g/mol. The lowest BCUT2D eigenvalue weighted by Crippen LogP contribution is -2.22. The Morgan fingerprint density at radius 3 is 2.00 bits per heavy atom. The van der Waals surface area contributed by atoms with Crippen molar-refractivity contribution in [3.63, 3.8) is 0 Å². The number of nitrogens with one attached hydrogen (secondary N) is 1. The molecule has 1 aromatic carbocycles. The molecule has 1 fully saturated rings. The molecule has 1 heterocycles. The normalized spacial score (nSPS) is 24.2. The van der Waals surface area contributed by atoms with Crippen molar-refractivity contribution >= 4 is 23.4 Å². The minimum absolute atomic E-state index is 0.284. The molecule has 96 valence electrons. The van der Waals surface area contributed by atoms with Gasteiger partial charge in [-0.3, -0.25) is 14.9 Å². The molecule has 2 rings (SSSR count). The number of alkyl halides is 4. The number of carbonyl (C=O) groups is 2. The highest BCUT2D eigenvalue weighted by Gasteiger charge is 2.41. The maximum absolute atomic E-state index is 12.4. The molecule has 1 aliphatic heterocycles. The van der Waals surface area contributed by atoms with Crippen molar-refractivity contribution in [1.82, 2.24) is 5.32 Å². The van der Waals surface area contributed by atoms with Crippen LogP contribution < -0.4 is 5.32 Å². The molecule has 0 radical (unpaired) electrons. The molecule has 1 N–H and O–H groups in total. The summed E-state index contributed by atoms with van der Waals surface area (Å²) in [6.45, 7) is 0. The van der Waals surface area contributed by atoms with Crippen LogP contribution in [0.5, 0.6) is 0 Å². The van der Waals surface area contributed by atoms with E-state index in [-0.39, 0.29) is 5.56 Å². The van der Waals surface area contributed by atoms with E-state index in [4.69, 9.17) is 11.6 Å². The summed E-state index contributed by atoms with van der Waals surface area (Å²) in [5.74, 6) is -2.17. The summed E-state index contributed by atoms with van der Waals surface area (Å²) >= 11 is 5.73. The average molecular weight is 278 g/mol. The molecule has 18 heavy (non-hydrogen) atoms. The molecular weight excluding hydrogens is 271 g/mol. The van der Waals surface area contributed by atoms with Gasteiger partial charge in [-0.1, -0.05) is 12.1 Å². The first-order valence-electron chi connectivity index (χ1n) is 4.96. The van der Waals surface area contributed by atoms with Gasteiger partial charge in [0.25, 0.3) is 0 Å². The van der Waals surface area contributed by atoms with E-state index < -0.39 is 34.8 Å². The van der Waals surface area contributed by atoms with Gasteiger partial charge >= 0.3 is 6.18 Å². The summed E-state index contributed by atoms with van der Waals surface area (Å²) < 4.78 is 37.1. The van der Waals surface area contributed by atoms with Gasteiger partial charge in [0.15, 0.2) is 0 Å². The zero-order valence-corrected chi connectivity index (χ0v) is 9.55. The molecule has 2 amide bonds. The third-order valence-corrected chi connectivity index (χ3v) is 3.12. The summed E-state index contributed by atoms with van der Waals surface area (Å²) in [6.07, 6.45) is -4.44. The molecule has 2 unspecified atom stereocenters. The molecule has 0 aliphatic carbocycles. The smallest absolute Gasteiger partial charge is 0.295 e. The summed E-state index contributed by atoms with van der Waals surface area (Å²) in [4.78, 5) is 22.6. The predicted molar refractivity (Wildman–Crippen MR) is 57.0 cm³/mol. The molecule has 1 saturated heterocycles. The van der Waals surface area contributed by atoms with E-state index in [9.17, 15) is 22.8 Å². The number of hydrogen-bond acceptors (Lipinski definition) is 2. The lowest BCUT2D eigenvalue weighted by atomic mass is 9.96. The van der Waals surface area contributed by atoms with Crippen LogP contribution in [0, 0.1) is 0 Å². The molecule has 0 aromatic heterocycles. The van der Waals surface area contributed by atoms with E-state index in [1.807, 2.05) is 5.32 Å². The Hall–Kier alpha value is -1.56. The van der Waals surface area contributed by atoms with Gasteiger partial charge in [0, 0.05) is 0 Å². The fourth-order valence-electron chi connectivity index (χ4n) is 1.75. The summed E-state index contributed by atoms with van der Waals surface area (Å²) in [5.41, 5.74) is -0.534. The molecule has 0 spiro atoms. The lowest BCUT2D eigenvalue weighted by molar-refractivity contribution is -0.137. The molecule has 7 heteroatoms. The Kier molecular flexibility index (Phi) is 3.06. The van der Waals surface area contributed by atoms with Gasteiger partial charge < -0.3 is 0 Å². The zero-order chi connectivity index (χ0) is 13.5.